The lowest BCUT2D eigenvalue weighted by molar-refractivity contribution is -0.137. The van der Waals surface area contributed by atoms with Crippen molar-refractivity contribution in [3.8, 4) is 11.1 Å². The average molecular weight is 285 g/mol. The molecule has 0 amide bonds. The highest BCUT2D eigenvalue weighted by atomic mass is 19.1. The number of pyridine rings is 1. The average Bonchev–Trinajstić information content (AvgIpc) is 2.80. The first kappa shape index (κ1) is 13.2. The van der Waals surface area contributed by atoms with Crippen molar-refractivity contribution >= 4 is 17.0 Å². The highest BCUT2D eigenvalue weighted by Crippen LogP contribution is 2.26. The molecular weight excluding hydrogens is 273 g/mol. The molecule has 106 valence electrons. The van der Waals surface area contributed by atoms with Crippen molar-refractivity contribution in [2.45, 2.75) is 13.5 Å². The summed E-state index contributed by atoms with van der Waals surface area (Å²) in [6, 6.07) is 6.35. The summed E-state index contributed by atoms with van der Waals surface area (Å²) in [6.45, 7) is 1.59. The van der Waals surface area contributed by atoms with Crippen molar-refractivity contribution in [2.75, 3.05) is 0 Å². The molecule has 0 atom stereocenters. The van der Waals surface area contributed by atoms with Crippen LogP contribution in [-0.4, -0.2) is 25.8 Å². The van der Waals surface area contributed by atoms with Crippen LogP contribution in [0.3, 0.4) is 0 Å². The first-order valence-electron chi connectivity index (χ1n) is 6.34. The normalized spacial score (nSPS) is 11.0. The number of aryl methyl sites for hydroxylation is 1. The Balaban J connectivity index is 2.13. The van der Waals surface area contributed by atoms with Gasteiger partial charge in [0.1, 0.15) is 17.9 Å². The van der Waals surface area contributed by atoms with Crippen LogP contribution in [0.2, 0.25) is 0 Å². The lowest BCUT2D eigenvalue weighted by atomic mass is 10.0. The topological polar surface area (TPSA) is 68.0 Å². The van der Waals surface area contributed by atoms with Gasteiger partial charge in [-0.05, 0) is 36.2 Å². The van der Waals surface area contributed by atoms with E-state index in [1.807, 2.05) is 13.0 Å². The molecule has 0 fully saturated rings. The van der Waals surface area contributed by atoms with Crippen molar-refractivity contribution in [1.82, 2.24) is 14.8 Å². The van der Waals surface area contributed by atoms with Crippen LogP contribution in [0.5, 0.6) is 0 Å². The number of carbonyl (C=O) groups is 1. The fraction of sp³-hybridized carbons (Fsp3) is 0.133. The van der Waals surface area contributed by atoms with Crippen molar-refractivity contribution in [3.05, 3.63) is 48.0 Å². The number of hydrogen-bond donors (Lipinski definition) is 1. The second-order valence-electron chi connectivity index (χ2n) is 4.78. The second-order valence-corrected chi connectivity index (χ2v) is 4.78. The summed E-state index contributed by atoms with van der Waals surface area (Å²) in [5.41, 5.74) is 3.71. The maximum Gasteiger partial charge on any atom is 0.325 e. The number of fused-ring (bicyclic) bond motifs is 1. The van der Waals surface area contributed by atoms with E-state index in [2.05, 4.69) is 10.1 Å². The van der Waals surface area contributed by atoms with Gasteiger partial charge in [-0.15, -0.1) is 0 Å². The number of carboxylic acid groups (broad SMARTS) is 1. The molecule has 0 radical (unpaired) electrons. The summed E-state index contributed by atoms with van der Waals surface area (Å²) < 4.78 is 14.6. The Hall–Kier alpha value is -2.76. The second kappa shape index (κ2) is 4.97. The molecule has 3 aromatic rings. The van der Waals surface area contributed by atoms with Gasteiger partial charge in [0.15, 0.2) is 0 Å². The van der Waals surface area contributed by atoms with E-state index < -0.39 is 5.97 Å². The Morgan fingerprint density at radius 2 is 2.14 bits per heavy atom. The fourth-order valence-electron chi connectivity index (χ4n) is 2.31. The maximum atomic E-state index is 13.2. The van der Waals surface area contributed by atoms with E-state index in [1.54, 1.807) is 12.3 Å². The molecule has 21 heavy (non-hydrogen) atoms. The van der Waals surface area contributed by atoms with Crippen LogP contribution < -0.4 is 0 Å². The summed E-state index contributed by atoms with van der Waals surface area (Å²) in [6.07, 6.45) is 3.20. The van der Waals surface area contributed by atoms with E-state index in [0.29, 0.717) is 11.0 Å². The van der Waals surface area contributed by atoms with Gasteiger partial charge in [-0.1, -0.05) is 6.07 Å². The molecule has 6 heteroatoms. The summed E-state index contributed by atoms with van der Waals surface area (Å²) in [7, 11) is 0. The quantitative estimate of drug-likeness (QED) is 0.803. The van der Waals surface area contributed by atoms with Crippen LogP contribution in [0.15, 0.2) is 36.7 Å². The molecule has 5 nitrogen and oxygen atoms in total. The van der Waals surface area contributed by atoms with Crippen LogP contribution >= 0.6 is 0 Å². The molecule has 0 aliphatic rings. The Kier molecular flexibility index (Phi) is 3.13. The Morgan fingerprint density at radius 3 is 2.86 bits per heavy atom. The SMILES string of the molecule is Cc1cc(F)ccc1-c1cnc2cnn(CC(=O)O)c2c1. The number of hydrogen-bond acceptors (Lipinski definition) is 3. The van der Waals surface area contributed by atoms with Crippen molar-refractivity contribution in [2.24, 2.45) is 0 Å². The first-order chi connectivity index (χ1) is 10.0. The lowest BCUT2D eigenvalue weighted by Gasteiger charge is -2.07. The van der Waals surface area contributed by atoms with Gasteiger partial charge in [-0.3, -0.25) is 14.5 Å². The maximum absolute atomic E-state index is 13.2. The minimum atomic E-state index is -0.969. The predicted molar refractivity (Wildman–Crippen MR) is 75.3 cm³/mol. The zero-order valence-electron chi connectivity index (χ0n) is 11.2. The molecule has 0 bridgehead atoms. The number of carboxylic acids is 1. The third-order valence-corrected chi connectivity index (χ3v) is 3.28. The van der Waals surface area contributed by atoms with E-state index in [1.165, 1.54) is 23.0 Å². The number of nitrogens with zero attached hydrogens (tertiary/aromatic N) is 3. The standard InChI is InChI=1S/C15H12FN3O2/c1-9-4-11(16)2-3-12(9)10-5-14-13(17-6-10)7-18-19(14)8-15(20)21/h2-7H,8H2,1H3,(H,20,21). The number of rotatable bonds is 3. The Bertz CT molecular complexity index is 842. The highest BCUT2D eigenvalue weighted by molar-refractivity contribution is 5.82. The zero-order valence-corrected chi connectivity index (χ0v) is 11.2. The summed E-state index contributed by atoms with van der Waals surface area (Å²) >= 11 is 0. The largest absolute Gasteiger partial charge is 0.480 e. The Morgan fingerprint density at radius 1 is 1.33 bits per heavy atom. The van der Waals surface area contributed by atoms with Crippen molar-refractivity contribution in [3.63, 3.8) is 0 Å². The van der Waals surface area contributed by atoms with E-state index >= 15 is 0 Å². The van der Waals surface area contributed by atoms with Gasteiger partial charge >= 0.3 is 5.97 Å². The molecule has 0 saturated heterocycles. The van der Waals surface area contributed by atoms with Crippen molar-refractivity contribution in [1.29, 1.82) is 0 Å². The van der Waals surface area contributed by atoms with Gasteiger partial charge in [0.05, 0.1) is 11.7 Å². The van der Waals surface area contributed by atoms with E-state index in [0.717, 1.165) is 16.7 Å². The molecule has 0 spiro atoms. The van der Waals surface area contributed by atoms with Gasteiger partial charge in [0, 0.05) is 11.8 Å². The zero-order chi connectivity index (χ0) is 15.0. The van der Waals surface area contributed by atoms with Crippen LogP contribution in [0.1, 0.15) is 5.56 Å². The van der Waals surface area contributed by atoms with E-state index in [4.69, 9.17) is 5.11 Å². The van der Waals surface area contributed by atoms with Gasteiger partial charge < -0.3 is 5.11 Å². The number of aromatic nitrogens is 3. The molecule has 0 aliphatic carbocycles. The molecule has 1 aromatic carbocycles. The van der Waals surface area contributed by atoms with Gasteiger partial charge in [0.25, 0.3) is 0 Å². The first-order valence-corrected chi connectivity index (χ1v) is 6.34. The van der Waals surface area contributed by atoms with Crippen molar-refractivity contribution < 1.29 is 14.3 Å². The lowest BCUT2D eigenvalue weighted by Crippen LogP contribution is -2.09. The number of aliphatic carboxylic acids is 1. The third kappa shape index (κ3) is 2.47. The smallest absolute Gasteiger partial charge is 0.325 e. The minimum Gasteiger partial charge on any atom is -0.480 e. The van der Waals surface area contributed by atoms with E-state index in [-0.39, 0.29) is 12.4 Å². The number of halogens is 1. The van der Waals surface area contributed by atoms with Crippen LogP contribution in [0, 0.1) is 12.7 Å². The summed E-state index contributed by atoms with van der Waals surface area (Å²) in [5, 5.41) is 12.9. The molecule has 0 unspecified atom stereocenters. The van der Waals surface area contributed by atoms with Gasteiger partial charge in [0.2, 0.25) is 0 Å². The Labute approximate surface area is 119 Å². The molecule has 3 rings (SSSR count). The molecule has 0 saturated carbocycles. The third-order valence-electron chi connectivity index (χ3n) is 3.28. The fourth-order valence-corrected chi connectivity index (χ4v) is 2.31. The van der Waals surface area contributed by atoms with Crippen LogP contribution in [0.25, 0.3) is 22.2 Å². The van der Waals surface area contributed by atoms with Crippen LogP contribution in [-0.2, 0) is 11.3 Å². The summed E-state index contributed by atoms with van der Waals surface area (Å²) in [5.74, 6) is -1.26. The molecular formula is C15H12FN3O2. The molecule has 0 aliphatic heterocycles. The monoisotopic (exact) mass is 285 g/mol. The van der Waals surface area contributed by atoms with Gasteiger partial charge in [-0.2, -0.15) is 5.10 Å². The molecule has 2 aromatic heterocycles. The van der Waals surface area contributed by atoms with E-state index in [9.17, 15) is 9.18 Å². The predicted octanol–water partition coefficient (Wildman–Crippen LogP) is 2.63. The van der Waals surface area contributed by atoms with Gasteiger partial charge in [-0.25, -0.2) is 4.39 Å². The molecule has 2 heterocycles. The molecule has 1 N–H and O–H groups in total. The minimum absolute atomic E-state index is 0.225. The van der Waals surface area contributed by atoms with Crippen LogP contribution in [0.4, 0.5) is 4.39 Å². The highest BCUT2D eigenvalue weighted by Gasteiger charge is 2.10. The number of benzene rings is 1. The summed E-state index contributed by atoms with van der Waals surface area (Å²) in [4.78, 5) is 15.1.